The number of rotatable bonds is 5. The molecule has 2 rings (SSSR count). The first-order valence-corrected chi connectivity index (χ1v) is 8.11. The van der Waals surface area contributed by atoms with Crippen molar-refractivity contribution in [1.29, 1.82) is 0 Å². The molecule has 5 nitrogen and oxygen atoms in total. The van der Waals surface area contributed by atoms with E-state index < -0.39 is 10.0 Å². The fourth-order valence-electron chi connectivity index (χ4n) is 2.02. The fraction of sp³-hybridized carbons (Fsp3) is 0.267. The largest absolute Gasteiger partial charge is 0.326 e. The van der Waals surface area contributed by atoms with Crippen LogP contribution >= 0.6 is 0 Å². The van der Waals surface area contributed by atoms with Gasteiger partial charge >= 0.3 is 0 Å². The van der Waals surface area contributed by atoms with E-state index in [9.17, 15) is 8.42 Å². The molecule has 1 aromatic carbocycles. The van der Waals surface area contributed by atoms with Gasteiger partial charge < -0.3 is 5.73 Å². The lowest BCUT2D eigenvalue weighted by Gasteiger charge is -2.10. The Morgan fingerprint density at radius 1 is 1.14 bits per heavy atom. The Morgan fingerprint density at radius 2 is 1.90 bits per heavy atom. The maximum absolute atomic E-state index is 12.3. The van der Waals surface area contributed by atoms with Crippen molar-refractivity contribution in [3.05, 3.63) is 58.9 Å². The zero-order chi connectivity index (χ0) is 15.5. The molecule has 0 aliphatic rings. The second-order valence-corrected chi connectivity index (χ2v) is 6.69. The quantitative estimate of drug-likeness (QED) is 0.879. The first-order valence-electron chi connectivity index (χ1n) is 6.63. The van der Waals surface area contributed by atoms with Crippen LogP contribution in [0.15, 0.2) is 41.6 Å². The molecule has 0 unspecified atom stereocenters. The fourth-order valence-corrected chi connectivity index (χ4v) is 3.11. The number of hydrogen-bond acceptors (Lipinski definition) is 4. The average Bonchev–Trinajstić information content (AvgIpc) is 2.46. The summed E-state index contributed by atoms with van der Waals surface area (Å²) in [5.41, 5.74) is 9.27. The van der Waals surface area contributed by atoms with Crippen molar-refractivity contribution in [3.63, 3.8) is 0 Å². The maximum Gasteiger partial charge on any atom is 0.240 e. The lowest BCUT2D eigenvalue weighted by molar-refractivity contribution is 0.581. The molecule has 0 aliphatic carbocycles. The smallest absolute Gasteiger partial charge is 0.240 e. The van der Waals surface area contributed by atoms with E-state index in [2.05, 4.69) is 9.71 Å². The molecule has 0 amide bonds. The van der Waals surface area contributed by atoms with E-state index in [1.165, 1.54) is 0 Å². The van der Waals surface area contributed by atoms with Gasteiger partial charge in [-0.25, -0.2) is 13.1 Å². The highest BCUT2D eigenvalue weighted by atomic mass is 32.2. The summed E-state index contributed by atoms with van der Waals surface area (Å²) in [6.45, 7) is 4.40. The van der Waals surface area contributed by atoms with Crippen LogP contribution < -0.4 is 10.5 Å². The molecule has 0 spiro atoms. The summed E-state index contributed by atoms with van der Waals surface area (Å²) in [6, 6.07) is 6.78. The molecule has 0 saturated heterocycles. The van der Waals surface area contributed by atoms with Gasteiger partial charge in [0.05, 0.1) is 4.90 Å². The third kappa shape index (κ3) is 3.66. The number of sulfonamides is 1. The monoisotopic (exact) mass is 305 g/mol. The van der Waals surface area contributed by atoms with Crippen LogP contribution in [0.5, 0.6) is 0 Å². The normalized spacial score (nSPS) is 11.6. The van der Waals surface area contributed by atoms with Gasteiger partial charge in [-0.05, 0) is 54.3 Å². The number of hydrogen-bond donors (Lipinski definition) is 2. The Hall–Kier alpha value is -1.76. The molecule has 0 atom stereocenters. The van der Waals surface area contributed by atoms with E-state index in [0.29, 0.717) is 6.54 Å². The molecule has 112 valence electrons. The molecule has 6 heteroatoms. The SMILES string of the molecule is Cc1cc(S(=O)(=O)NCc2ccncc2C)ccc1CN. The van der Waals surface area contributed by atoms with E-state index in [1.54, 1.807) is 36.7 Å². The maximum atomic E-state index is 12.3. The lowest BCUT2D eigenvalue weighted by atomic mass is 10.1. The number of nitrogens with zero attached hydrogens (tertiary/aromatic N) is 1. The summed E-state index contributed by atoms with van der Waals surface area (Å²) in [7, 11) is -3.53. The molecular formula is C15H19N3O2S. The first kappa shape index (κ1) is 15.6. The van der Waals surface area contributed by atoms with Crippen LogP contribution in [0.1, 0.15) is 22.3 Å². The van der Waals surface area contributed by atoms with Gasteiger partial charge in [-0.15, -0.1) is 0 Å². The van der Waals surface area contributed by atoms with E-state index in [-0.39, 0.29) is 11.4 Å². The summed E-state index contributed by atoms with van der Waals surface area (Å²) in [6.07, 6.45) is 3.36. The third-order valence-electron chi connectivity index (χ3n) is 3.43. The van der Waals surface area contributed by atoms with E-state index in [0.717, 1.165) is 22.3 Å². The minimum Gasteiger partial charge on any atom is -0.326 e. The second-order valence-electron chi connectivity index (χ2n) is 4.92. The van der Waals surface area contributed by atoms with Crippen molar-refractivity contribution >= 4 is 10.0 Å². The van der Waals surface area contributed by atoms with Gasteiger partial charge in [0.15, 0.2) is 0 Å². The summed E-state index contributed by atoms with van der Waals surface area (Å²) < 4.78 is 27.2. The van der Waals surface area contributed by atoms with Crippen LogP contribution in [-0.2, 0) is 23.1 Å². The van der Waals surface area contributed by atoms with Crippen molar-refractivity contribution in [2.75, 3.05) is 0 Å². The molecular weight excluding hydrogens is 286 g/mol. The standard InChI is InChI=1S/C15H19N3O2S/c1-11-7-15(4-3-13(11)8-16)21(19,20)18-10-14-5-6-17-9-12(14)2/h3-7,9,18H,8,10,16H2,1-2H3. The summed E-state index contributed by atoms with van der Waals surface area (Å²) in [4.78, 5) is 4.24. The highest BCUT2D eigenvalue weighted by Crippen LogP contribution is 2.16. The van der Waals surface area contributed by atoms with Crippen molar-refractivity contribution in [1.82, 2.24) is 9.71 Å². The zero-order valence-corrected chi connectivity index (χ0v) is 12.9. The van der Waals surface area contributed by atoms with Crippen LogP contribution in [0.4, 0.5) is 0 Å². The Labute approximate surface area is 125 Å². The molecule has 3 N–H and O–H groups in total. The summed E-state index contributed by atoms with van der Waals surface area (Å²) in [5.74, 6) is 0. The third-order valence-corrected chi connectivity index (χ3v) is 4.83. The molecule has 0 bridgehead atoms. The molecule has 0 fully saturated rings. The van der Waals surface area contributed by atoms with Crippen LogP contribution in [0.25, 0.3) is 0 Å². The van der Waals surface area contributed by atoms with Crippen LogP contribution in [0.3, 0.4) is 0 Å². The molecule has 1 aromatic heterocycles. The average molecular weight is 305 g/mol. The zero-order valence-electron chi connectivity index (χ0n) is 12.1. The molecule has 0 aliphatic heterocycles. The van der Waals surface area contributed by atoms with Crippen molar-refractivity contribution in [2.24, 2.45) is 5.73 Å². The molecule has 0 radical (unpaired) electrons. The highest BCUT2D eigenvalue weighted by molar-refractivity contribution is 7.89. The number of pyridine rings is 1. The van der Waals surface area contributed by atoms with Gasteiger partial charge in [-0.3, -0.25) is 4.98 Å². The molecule has 2 aromatic rings. The number of aryl methyl sites for hydroxylation is 2. The molecule has 21 heavy (non-hydrogen) atoms. The molecule has 0 saturated carbocycles. The van der Waals surface area contributed by atoms with Crippen LogP contribution in [0, 0.1) is 13.8 Å². The molecule has 1 heterocycles. The number of benzene rings is 1. The lowest BCUT2D eigenvalue weighted by Crippen LogP contribution is -2.24. The highest BCUT2D eigenvalue weighted by Gasteiger charge is 2.15. The minimum atomic E-state index is -3.53. The summed E-state index contributed by atoms with van der Waals surface area (Å²) >= 11 is 0. The number of aromatic nitrogens is 1. The predicted molar refractivity (Wildman–Crippen MR) is 82.1 cm³/mol. The number of nitrogens with two attached hydrogens (primary N) is 1. The predicted octanol–water partition coefficient (Wildman–Crippen LogP) is 1.64. The van der Waals surface area contributed by atoms with Crippen molar-refractivity contribution < 1.29 is 8.42 Å². The summed E-state index contributed by atoms with van der Waals surface area (Å²) in [5, 5.41) is 0. The Bertz CT molecular complexity index is 742. The van der Waals surface area contributed by atoms with Gasteiger partial charge in [0.1, 0.15) is 0 Å². The van der Waals surface area contributed by atoms with E-state index in [1.807, 2.05) is 13.8 Å². The van der Waals surface area contributed by atoms with E-state index in [4.69, 9.17) is 5.73 Å². The Morgan fingerprint density at radius 3 is 2.52 bits per heavy atom. The van der Waals surface area contributed by atoms with Gasteiger partial charge in [0, 0.05) is 25.5 Å². The minimum absolute atomic E-state index is 0.244. The van der Waals surface area contributed by atoms with Gasteiger partial charge in [0.25, 0.3) is 0 Å². The Balaban J connectivity index is 2.19. The van der Waals surface area contributed by atoms with Crippen LogP contribution in [0.2, 0.25) is 0 Å². The Kier molecular flexibility index (Phi) is 4.72. The van der Waals surface area contributed by atoms with Crippen molar-refractivity contribution in [2.45, 2.75) is 31.8 Å². The van der Waals surface area contributed by atoms with Gasteiger partial charge in [-0.1, -0.05) is 6.07 Å². The van der Waals surface area contributed by atoms with Gasteiger partial charge in [-0.2, -0.15) is 0 Å². The number of nitrogens with one attached hydrogen (secondary N) is 1. The topological polar surface area (TPSA) is 85.1 Å². The van der Waals surface area contributed by atoms with Crippen molar-refractivity contribution in [3.8, 4) is 0 Å². The van der Waals surface area contributed by atoms with Crippen LogP contribution in [-0.4, -0.2) is 13.4 Å². The van der Waals surface area contributed by atoms with E-state index >= 15 is 0 Å². The second kappa shape index (κ2) is 6.34. The van der Waals surface area contributed by atoms with Gasteiger partial charge in [0.2, 0.25) is 10.0 Å². The first-order chi connectivity index (χ1) is 9.94.